The predicted octanol–water partition coefficient (Wildman–Crippen LogP) is 1.84. The molecule has 0 saturated carbocycles. The van der Waals surface area contributed by atoms with Gasteiger partial charge in [-0.25, -0.2) is 0 Å². The van der Waals surface area contributed by atoms with Crippen LogP contribution in [0.2, 0.25) is 0 Å². The molecule has 0 atom stereocenters. The maximum Gasteiger partial charge on any atom is 0.123 e. The molecule has 3 nitrogen and oxygen atoms in total. The van der Waals surface area contributed by atoms with Gasteiger partial charge in [0.15, 0.2) is 0 Å². The summed E-state index contributed by atoms with van der Waals surface area (Å²) in [6.45, 7) is 0.703. The first-order chi connectivity index (χ1) is 6.67. The van der Waals surface area contributed by atoms with Crippen LogP contribution in [0.25, 0.3) is 0 Å². The largest absolute Gasteiger partial charge is 0.496 e. The van der Waals surface area contributed by atoms with Crippen LogP contribution in [0.4, 0.5) is 0 Å². The molecular formula is C10H14BrNO2. The molecule has 0 aliphatic rings. The Bertz CT molecular complexity index is 304. The Kier molecular flexibility index (Phi) is 4.38. The Hall–Kier alpha value is -0.580. The second-order valence-corrected chi connectivity index (χ2v) is 4.03. The summed E-state index contributed by atoms with van der Waals surface area (Å²) in [5.41, 5.74) is 1.05. The number of benzene rings is 1. The molecule has 1 rings (SSSR count). The van der Waals surface area contributed by atoms with Gasteiger partial charge in [0.05, 0.1) is 13.8 Å². The summed E-state index contributed by atoms with van der Waals surface area (Å²) in [4.78, 5) is 1.80. The van der Waals surface area contributed by atoms with Crippen molar-refractivity contribution in [3.05, 3.63) is 28.2 Å². The van der Waals surface area contributed by atoms with Gasteiger partial charge in [-0.1, -0.05) is 15.9 Å². The number of rotatable bonds is 4. The highest BCUT2D eigenvalue weighted by molar-refractivity contribution is 9.10. The lowest BCUT2D eigenvalue weighted by Gasteiger charge is -2.15. The third-order valence-corrected chi connectivity index (χ3v) is 2.42. The summed E-state index contributed by atoms with van der Waals surface area (Å²) in [6, 6.07) is 5.83. The average molecular weight is 260 g/mol. The number of hydrogen-bond donors (Lipinski definition) is 1. The van der Waals surface area contributed by atoms with E-state index in [4.69, 9.17) is 9.84 Å². The van der Waals surface area contributed by atoms with Crippen LogP contribution < -0.4 is 4.74 Å². The second-order valence-electron chi connectivity index (χ2n) is 3.11. The minimum atomic E-state index is 0.0374. The topological polar surface area (TPSA) is 32.7 Å². The Morgan fingerprint density at radius 2 is 2.21 bits per heavy atom. The molecule has 0 spiro atoms. The van der Waals surface area contributed by atoms with E-state index in [0.717, 1.165) is 15.8 Å². The third-order valence-electron chi connectivity index (χ3n) is 1.92. The van der Waals surface area contributed by atoms with E-state index in [1.165, 1.54) is 0 Å². The SMILES string of the molecule is COc1ccc(Br)cc1CN(C)CO. The third kappa shape index (κ3) is 2.97. The van der Waals surface area contributed by atoms with Crippen LogP contribution >= 0.6 is 15.9 Å². The average Bonchev–Trinajstić information content (AvgIpc) is 2.18. The van der Waals surface area contributed by atoms with Crippen molar-refractivity contribution in [2.75, 3.05) is 20.9 Å². The van der Waals surface area contributed by atoms with Crippen LogP contribution in [0.5, 0.6) is 5.75 Å². The van der Waals surface area contributed by atoms with Gasteiger partial charge in [0.1, 0.15) is 5.75 Å². The molecule has 0 heterocycles. The fourth-order valence-electron chi connectivity index (χ4n) is 1.21. The van der Waals surface area contributed by atoms with Crippen LogP contribution in [0.3, 0.4) is 0 Å². The molecule has 0 amide bonds. The molecule has 0 saturated heterocycles. The number of halogens is 1. The number of aliphatic hydroxyl groups is 1. The van der Waals surface area contributed by atoms with E-state index in [2.05, 4.69) is 15.9 Å². The van der Waals surface area contributed by atoms with Crippen molar-refractivity contribution in [3.8, 4) is 5.75 Å². The quantitative estimate of drug-likeness (QED) is 0.838. The fourth-order valence-corrected chi connectivity index (χ4v) is 1.62. The second kappa shape index (κ2) is 5.34. The summed E-state index contributed by atoms with van der Waals surface area (Å²) in [5.74, 6) is 0.841. The van der Waals surface area contributed by atoms with Crippen molar-refractivity contribution in [3.63, 3.8) is 0 Å². The number of ether oxygens (including phenoxy) is 1. The normalized spacial score (nSPS) is 10.6. The van der Waals surface area contributed by atoms with Crippen LogP contribution in [-0.4, -0.2) is 30.9 Å². The molecule has 1 aromatic carbocycles. The zero-order valence-electron chi connectivity index (χ0n) is 8.33. The van der Waals surface area contributed by atoms with Gasteiger partial charge in [0.2, 0.25) is 0 Å². The maximum atomic E-state index is 8.90. The molecule has 78 valence electrons. The zero-order chi connectivity index (χ0) is 10.6. The van der Waals surface area contributed by atoms with E-state index >= 15 is 0 Å². The lowest BCUT2D eigenvalue weighted by Crippen LogP contribution is -2.18. The number of hydrogen-bond acceptors (Lipinski definition) is 3. The number of aliphatic hydroxyl groups excluding tert-OH is 1. The molecule has 0 unspecified atom stereocenters. The highest BCUT2D eigenvalue weighted by Gasteiger charge is 2.05. The molecule has 14 heavy (non-hydrogen) atoms. The van der Waals surface area contributed by atoms with Crippen molar-refractivity contribution in [1.29, 1.82) is 0 Å². The molecular weight excluding hydrogens is 246 g/mol. The van der Waals surface area contributed by atoms with Crippen LogP contribution in [0.15, 0.2) is 22.7 Å². The molecule has 1 N–H and O–H groups in total. The molecule has 0 bridgehead atoms. The summed E-state index contributed by atoms with van der Waals surface area (Å²) >= 11 is 3.40. The van der Waals surface area contributed by atoms with Crippen LogP contribution in [-0.2, 0) is 6.54 Å². The van der Waals surface area contributed by atoms with Gasteiger partial charge in [0.25, 0.3) is 0 Å². The van der Waals surface area contributed by atoms with Crippen LogP contribution in [0, 0.1) is 0 Å². The fraction of sp³-hybridized carbons (Fsp3) is 0.400. The first-order valence-corrected chi connectivity index (χ1v) is 5.08. The summed E-state index contributed by atoms with van der Waals surface area (Å²) < 4.78 is 6.23. The Morgan fingerprint density at radius 3 is 2.79 bits per heavy atom. The smallest absolute Gasteiger partial charge is 0.123 e. The van der Waals surface area contributed by atoms with Crippen molar-refractivity contribution >= 4 is 15.9 Å². The Labute approximate surface area is 92.4 Å². The van der Waals surface area contributed by atoms with Crippen LogP contribution in [0.1, 0.15) is 5.56 Å². The Morgan fingerprint density at radius 1 is 1.50 bits per heavy atom. The number of nitrogens with zero attached hydrogens (tertiary/aromatic N) is 1. The molecule has 0 aliphatic heterocycles. The van der Waals surface area contributed by atoms with E-state index in [0.29, 0.717) is 6.54 Å². The van der Waals surface area contributed by atoms with E-state index in [9.17, 15) is 0 Å². The molecule has 0 radical (unpaired) electrons. The summed E-state index contributed by atoms with van der Waals surface area (Å²) in [5, 5.41) is 8.90. The minimum absolute atomic E-state index is 0.0374. The van der Waals surface area contributed by atoms with Gasteiger partial charge in [-0.15, -0.1) is 0 Å². The van der Waals surface area contributed by atoms with Gasteiger partial charge in [-0.3, -0.25) is 4.90 Å². The maximum absolute atomic E-state index is 8.90. The molecule has 0 fully saturated rings. The monoisotopic (exact) mass is 259 g/mol. The zero-order valence-corrected chi connectivity index (χ0v) is 9.91. The van der Waals surface area contributed by atoms with Gasteiger partial charge in [-0.2, -0.15) is 0 Å². The molecule has 0 aromatic heterocycles. The lowest BCUT2D eigenvalue weighted by atomic mass is 10.2. The van der Waals surface area contributed by atoms with Gasteiger partial charge in [0, 0.05) is 16.6 Å². The molecule has 4 heteroatoms. The van der Waals surface area contributed by atoms with E-state index in [1.54, 1.807) is 12.0 Å². The van der Waals surface area contributed by atoms with Crippen molar-refractivity contribution in [2.45, 2.75) is 6.54 Å². The van der Waals surface area contributed by atoms with Gasteiger partial charge >= 0.3 is 0 Å². The predicted molar refractivity (Wildman–Crippen MR) is 59.2 cm³/mol. The highest BCUT2D eigenvalue weighted by atomic mass is 79.9. The molecule has 1 aromatic rings. The Balaban J connectivity index is 2.87. The lowest BCUT2D eigenvalue weighted by molar-refractivity contribution is 0.126. The van der Waals surface area contributed by atoms with E-state index in [-0.39, 0.29) is 6.73 Å². The van der Waals surface area contributed by atoms with Gasteiger partial charge < -0.3 is 9.84 Å². The van der Waals surface area contributed by atoms with Crippen molar-refractivity contribution in [2.24, 2.45) is 0 Å². The number of methoxy groups -OCH3 is 1. The van der Waals surface area contributed by atoms with E-state index in [1.807, 2.05) is 25.2 Å². The van der Waals surface area contributed by atoms with Gasteiger partial charge in [-0.05, 0) is 25.2 Å². The van der Waals surface area contributed by atoms with Crippen molar-refractivity contribution in [1.82, 2.24) is 4.90 Å². The highest BCUT2D eigenvalue weighted by Crippen LogP contribution is 2.23. The first kappa shape index (κ1) is 11.5. The summed E-state index contributed by atoms with van der Waals surface area (Å²) in [6.07, 6.45) is 0. The van der Waals surface area contributed by atoms with Crippen molar-refractivity contribution < 1.29 is 9.84 Å². The molecule has 0 aliphatic carbocycles. The van der Waals surface area contributed by atoms with E-state index < -0.39 is 0 Å². The summed E-state index contributed by atoms with van der Waals surface area (Å²) in [7, 11) is 3.49. The standard InChI is InChI=1S/C10H14BrNO2/c1-12(7-13)6-8-5-9(11)3-4-10(8)14-2/h3-5,13H,6-7H2,1-2H3. The minimum Gasteiger partial charge on any atom is -0.496 e. The first-order valence-electron chi connectivity index (χ1n) is 4.29.